The van der Waals surface area contributed by atoms with Gasteiger partial charge in [0.25, 0.3) is 5.91 Å². The first kappa shape index (κ1) is 16.4. The van der Waals surface area contributed by atoms with Crippen molar-refractivity contribution in [2.24, 2.45) is 5.10 Å². The van der Waals surface area contributed by atoms with E-state index in [4.69, 9.17) is 4.74 Å². The average Bonchev–Trinajstić information content (AvgIpc) is 2.68. The quantitative estimate of drug-likeness (QED) is 0.567. The van der Waals surface area contributed by atoms with Gasteiger partial charge < -0.3 is 4.74 Å². The molecule has 0 aliphatic heterocycles. The number of nitrogens with zero attached hydrogens (tertiary/aromatic N) is 2. The molecule has 5 nitrogen and oxygen atoms in total. The summed E-state index contributed by atoms with van der Waals surface area (Å²) in [6.07, 6.45) is 3.36. The van der Waals surface area contributed by atoms with Gasteiger partial charge in [0.05, 0.1) is 11.3 Å². The molecule has 0 saturated carbocycles. The molecule has 0 spiro atoms. The molecule has 1 amide bonds. The number of nitrogens with one attached hydrogen (secondary N) is 1. The summed E-state index contributed by atoms with van der Waals surface area (Å²) in [5, 5.41) is 4.15. The normalized spacial score (nSPS) is 11.0. The predicted octanol–water partition coefficient (Wildman–Crippen LogP) is 4.03. The lowest BCUT2D eigenvalue weighted by atomic mass is 10.2. The molecule has 1 aromatic heterocycles. The minimum Gasteiger partial charge on any atom is -0.457 e. The van der Waals surface area contributed by atoms with Crippen LogP contribution in [-0.2, 0) is 0 Å². The number of pyridine rings is 1. The molecule has 0 radical (unpaired) electrons. The van der Waals surface area contributed by atoms with Crippen molar-refractivity contribution in [1.29, 1.82) is 0 Å². The highest BCUT2D eigenvalue weighted by molar-refractivity contribution is 6.01. The van der Waals surface area contributed by atoms with Gasteiger partial charge in [0.1, 0.15) is 11.5 Å². The van der Waals surface area contributed by atoms with Crippen LogP contribution in [0, 0.1) is 0 Å². The van der Waals surface area contributed by atoms with E-state index < -0.39 is 0 Å². The maximum Gasteiger partial charge on any atom is 0.275 e. The molecule has 0 unspecified atom stereocenters. The smallest absolute Gasteiger partial charge is 0.275 e. The number of aromatic nitrogens is 1. The predicted molar refractivity (Wildman–Crippen MR) is 96.9 cm³/mol. The molecule has 1 heterocycles. The van der Waals surface area contributed by atoms with Crippen molar-refractivity contribution >= 4 is 11.6 Å². The fourth-order valence-electron chi connectivity index (χ4n) is 2.21. The van der Waals surface area contributed by atoms with Crippen LogP contribution in [0.25, 0.3) is 0 Å². The lowest BCUT2D eigenvalue weighted by Gasteiger charge is -2.10. The molecule has 25 heavy (non-hydrogen) atoms. The third-order valence-corrected chi connectivity index (χ3v) is 3.53. The van der Waals surface area contributed by atoms with E-state index in [-0.39, 0.29) is 5.91 Å². The maximum atomic E-state index is 12.5. The third kappa shape index (κ3) is 4.29. The molecular weight excluding hydrogens is 314 g/mol. The number of para-hydroxylation sites is 2. The second-order valence-corrected chi connectivity index (χ2v) is 5.29. The fourth-order valence-corrected chi connectivity index (χ4v) is 2.21. The maximum absolute atomic E-state index is 12.5. The van der Waals surface area contributed by atoms with Gasteiger partial charge in [0, 0.05) is 18.0 Å². The molecule has 1 N–H and O–H groups in total. The van der Waals surface area contributed by atoms with Gasteiger partial charge in [-0.2, -0.15) is 5.10 Å². The number of hydrazone groups is 1. The second-order valence-electron chi connectivity index (χ2n) is 5.29. The Kier molecular flexibility index (Phi) is 5.16. The van der Waals surface area contributed by atoms with E-state index in [0.717, 1.165) is 5.56 Å². The van der Waals surface area contributed by atoms with E-state index in [0.29, 0.717) is 22.8 Å². The summed E-state index contributed by atoms with van der Waals surface area (Å²) in [6.45, 7) is 1.82. The minimum atomic E-state index is -0.333. The van der Waals surface area contributed by atoms with Gasteiger partial charge in [-0.3, -0.25) is 9.78 Å². The molecule has 0 bridgehead atoms. The molecule has 124 valence electrons. The van der Waals surface area contributed by atoms with Crippen molar-refractivity contribution in [1.82, 2.24) is 10.4 Å². The number of rotatable bonds is 5. The van der Waals surface area contributed by atoms with Gasteiger partial charge in [-0.15, -0.1) is 0 Å². The number of benzene rings is 2. The zero-order chi connectivity index (χ0) is 17.5. The lowest BCUT2D eigenvalue weighted by Crippen LogP contribution is -2.20. The summed E-state index contributed by atoms with van der Waals surface area (Å²) < 4.78 is 5.80. The summed E-state index contributed by atoms with van der Waals surface area (Å²) in [5.41, 5.74) is 4.57. The van der Waals surface area contributed by atoms with Gasteiger partial charge in [-0.05, 0) is 43.3 Å². The van der Waals surface area contributed by atoms with Crippen molar-refractivity contribution in [3.05, 3.63) is 90.3 Å². The Morgan fingerprint density at radius 3 is 2.40 bits per heavy atom. The van der Waals surface area contributed by atoms with Gasteiger partial charge in [0.15, 0.2) is 0 Å². The fraction of sp³-hybridized carbons (Fsp3) is 0.0500. The van der Waals surface area contributed by atoms with Gasteiger partial charge in [-0.1, -0.05) is 30.3 Å². The van der Waals surface area contributed by atoms with Gasteiger partial charge in [0.2, 0.25) is 0 Å². The lowest BCUT2D eigenvalue weighted by molar-refractivity contribution is 0.0952. The molecule has 0 atom stereocenters. The largest absolute Gasteiger partial charge is 0.457 e. The van der Waals surface area contributed by atoms with Gasteiger partial charge in [-0.25, -0.2) is 5.43 Å². The Bertz CT molecular complexity index is 878. The Morgan fingerprint density at radius 2 is 1.64 bits per heavy atom. The van der Waals surface area contributed by atoms with E-state index in [1.54, 1.807) is 30.6 Å². The molecular formula is C20H17N3O2. The first-order valence-corrected chi connectivity index (χ1v) is 7.81. The van der Waals surface area contributed by atoms with Gasteiger partial charge >= 0.3 is 0 Å². The molecule has 0 aliphatic carbocycles. The van der Waals surface area contributed by atoms with Crippen LogP contribution in [0.4, 0.5) is 0 Å². The van der Waals surface area contributed by atoms with Crippen molar-refractivity contribution < 1.29 is 9.53 Å². The Labute approximate surface area is 146 Å². The molecule has 0 aliphatic rings. The summed E-state index contributed by atoms with van der Waals surface area (Å²) in [4.78, 5) is 16.4. The number of hydrogen-bond acceptors (Lipinski definition) is 4. The number of ether oxygens (including phenoxy) is 1. The molecule has 3 rings (SSSR count). The number of amides is 1. The molecule has 5 heteroatoms. The third-order valence-electron chi connectivity index (χ3n) is 3.53. The van der Waals surface area contributed by atoms with Crippen LogP contribution in [0.2, 0.25) is 0 Å². The number of carbonyl (C=O) groups excluding carboxylic acids is 1. The first-order chi connectivity index (χ1) is 12.2. The highest BCUT2D eigenvalue weighted by Crippen LogP contribution is 2.24. The second kappa shape index (κ2) is 7.88. The zero-order valence-electron chi connectivity index (χ0n) is 13.7. The SMILES string of the molecule is CC(=NNC(=O)c1ccccc1Oc1ccccc1)c1ccncc1. The van der Waals surface area contributed by atoms with E-state index >= 15 is 0 Å². The van der Waals surface area contributed by atoms with Crippen molar-refractivity contribution in [3.8, 4) is 11.5 Å². The van der Waals surface area contributed by atoms with Crippen LogP contribution < -0.4 is 10.2 Å². The van der Waals surface area contributed by atoms with Crippen LogP contribution in [0.3, 0.4) is 0 Å². The van der Waals surface area contributed by atoms with E-state index in [9.17, 15) is 4.79 Å². The standard InChI is InChI=1S/C20H17N3O2/c1-15(16-11-13-21-14-12-16)22-23-20(24)18-9-5-6-10-19(18)25-17-7-3-2-4-8-17/h2-14H,1H3,(H,23,24). The van der Waals surface area contributed by atoms with Crippen LogP contribution in [0.5, 0.6) is 11.5 Å². The van der Waals surface area contributed by atoms with Crippen molar-refractivity contribution in [2.75, 3.05) is 0 Å². The van der Waals surface area contributed by atoms with Crippen molar-refractivity contribution in [2.45, 2.75) is 6.92 Å². The molecule has 0 fully saturated rings. The van der Waals surface area contributed by atoms with Crippen LogP contribution >= 0.6 is 0 Å². The van der Waals surface area contributed by atoms with Crippen molar-refractivity contribution in [3.63, 3.8) is 0 Å². The first-order valence-electron chi connectivity index (χ1n) is 7.81. The van der Waals surface area contributed by atoms with Crippen LogP contribution in [0.15, 0.2) is 84.2 Å². The topological polar surface area (TPSA) is 63.6 Å². The number of hydrogen-bond donors (Lipinski definition) is 1. The Morgan fingerprint density at radius 1 is 0.960 bits per heavy atom. The summed E-state index contributed by atoms with van der Waals surface area (Å²) in [6, 6.07) is 20.0. The summed E-state index contributed by atoms with van der Waals surface area (Å²) in [7, 11) is 0. The highest BCUT2D eigenvalue weighted by atomic mass is 16.5. The monoisotopic (exact) mass is 331 g/mol. The van der Waals surface area contributed by atoms with E-state index in [1.165, 1.54) is 0 Å². The van der Waals surface area contributed by atoms with E-state index in [2.05, 4.69) is 15.5 Å². The highest BCUT2D eigenvalue weighted by Gasteiger charge is 2.12. The molecule has 3 aromatic rings. The summed E-state index contributed by atoms with van der Waals surface area (Å²) in [5.74, 6) is 0.808. The average molecular weight is 331 g/mol. The zero-order valence-corrected chi connectivity index (χ0v) is 13.7. The van der Waals surface area contributed by atoms with Crippen LogP contribution in [-0.4, -0.2) is 16.6 Å². The number of carbonyl (C=O) groups is 1. The minimum absolute atomic E-state index is 0.333. The Hall–Kier alpha value is -3.47. The Balaban J connectivity index is 1.76. The molecule has 2 aromatic carbocycles. The van der Waals surface area contributed by atoms with E-state index in [1.807, 2.05) is 55.5 Å². The summed E-state index contributed by atoms with van der Waals surface area (Å²) >= 11 is 0. The van der Waals surface area contributed by atoms with Crippen LogP contribution in [0.1, 0.15) is 22.8 Å². The molecule has 0 saturated heterocycles.